The van der Waals surface area contributed by atoms with Gasteiger partial charge in [-0.15, -0.1) is 0 Å². The van der Waals surface area contributed by atoms with E-state index in [1.165, 1.54) is 0 Å². The van der Waals surface area contributed by atoms with Gasteiger partial charge in [0.25, 0.3) is 0 Å². The zero-order chi connectivity index (χ0) is 12.0. The number of rotatable bonds is 7. The van der Waals surface area contributed by atoms with Gasteiger partial charge in [-0.1, -0.05) is 6.92 Å². The summed E-state index contributed by atoms with van der Waals surface area (Å²) in [6.07, 6.45) is 2.48. The maximum absolute atomic E-state index is 10.9. The molecule has 4 atom stereocenters. The highest BCUT2D eigenvalue weighted by atomic mass is 32.2. The van der Waals surface area contributed by atoms with Crippen molar-refractivity contribution in [1.29, 1.82) is 0 Å². The van der Waals surface area contributed by atoms with Gasteiger partial charge >= 0.3 is 5.97 Å². The van der Waals surface area contributed by atoms with Gasteiger partial charge in [-0.3, -0.25) is 9.00 Å². The Balaban J connectivity index is 3.90. The van der Waals surface area contributed by atoms with E-state index in [-0.39, 0.29) is 12.1 Å². The van der Waals surface area contributed by atoms with Gasteiger partial charge in [0, 0.05) is 34.9 Å². The monoisotopic (exact) mass is 235 g/mol. The van der Waals surface area contributed by atoms with Gasteiger partial charge in [0.1, 0.15) is 0 Å². The van der Waals surface area contributed by atoms with Gasteiger partial charge in [0.05, 0.1) is 5.92 Å². The van der Waals surface area contributed by atoms with E-state index in [0.717, 1.165) is 6.42 Å². The van der Waals surface area contributed by atoms with E-state index in [0.29, 0.717) is 5.75 Å². The first-order valence-electron chi connectivity index (χ1n) is 5.13. The van der Waals surface area contributed by atoms with Gasteiger partial charge in [-0.2, -0.15) is 0 Å². The second kappa shape index (κ2) is 6.95. The third kappa shape index (κ3) is 6.62. The molecule has 0 saturated heterocycles. The van der Waals surface area contributed by atoms with E-state index in [9.17, 15) is 9.00 Å². The summed E-state index contributed by atoms with van der Waals surface area (Å²) >= 11 is 0. The predicted molar refractivity (Wildman–Crippen MR) is 62.4 cm³/mol. The average Bonchev–Trinajstić information content (AvgIpc) is 2.13. The molecule has 0 aliphatic carbocycles. The number of aliphatic carboxylic acids is 1. The van der Waals surface area contributed by atoms with Crippen LogP contribution in [0.1, 0.15) is 27.2 Å². The molecule has 90 valence electrons. The molecule has 0 spiro atoms. The largest absolute Gasteiger partial charge is 0.481 e. The van der Waals surface area contributed by atoms with Crippen LogP contribution in [0.25, 0.3) is 0 Å². The number of carbonyl (C=O) groups is 1. The second-order valence-electron chi connectivity index (χ2n) is 4.05. The van der Waals surface area contributed by atoms with Crippen molar-refractivity contribution in [3.8, 4) is 0 Å². The van der Waals surface area contributed by atoms with Crippen LogP contribution in [0.15, 0.2) is 0 Å². The molecule has 0 fully saturated rings. The molecular weight excluding hydrogens is 214 g/mol. The van der Waals surface area contributed by atoms with Crippen molar-refractivity contribution >= 4 is 16.8 Å². The molecule has 0 aromatic carbocycles. The summed E-state index contributed by atoms with van der Waals surface area (Å²) in [5.41, 5.74) is 0. The van der Waals surface area contributed by atoms with Crippen molar-refractivity contribution in [2.75, 3.05) is 12.0 Å². The van der Waals surface area contributed by atoms with Gasteiger partial charge in [0.2, 0.25) is 0 Å². The Labute approximate surface area is 93.9 Å². The molecule has 0 radical (unpaired) electrons. The first-order chi connectivity index (χ1) is 6.84. The molecule has 5 heteroatoms. The topological polar surface area (TPSA) is 66.4 Å². The highest BCUT2D eigenvalue weighted by molar-refractivity contribution is 7.84. The van der Waals surface area contributed by atoms with Crippen molar-refractivity contribution in [3.63, 3.8) is 0 Å². The molecule has 0 aromatic heterocycles. The smallest absolute Gasteiger partial charge is 0.307 e. The maximum Gasteiger partial charge on any atom is 0.307 e. The van der Waals surface area contributed by atoms with E-state index < -0.39 is 22.7 Å². The highest BCUT2D eigenvalue weighted by Gasteiger charge is 2.20. The first-order valence-corrected chi connectivity index (χ1v) is 6.86. The quantitative estimate of drug-likeness (QED) is 0.686. The number of hydrogen-bond donors (Lipinski definition) is 2. The van der Waals surface area contributed by atoms with Crippen LogP contribution in [0.5, 0.6) is 0 Å². The van der Waals surface area contributed by atoms with E-state index >= 15 is 0 Å². The molecule has 0 heterocycles. The maximum atomic E-state index is 10.9. The Kier molecular flexibility index (Phi) is 6.76. The van der Waals surface area contributed by atoms with Gasteiger partial charge in [-0.05, 0) is 20.3 Å². The summed E-state index contributed by atoms with van der Waals surface area (Å²) in [6, 6.07) is 0.133. The molecule has 0 aliphatic heterocycles. The van der Waals surface area contributed by atoms with E-state index in [1.54, 1.807) is 13.2 Å². The fourth-order valence-corrected chi connectivity index (χ4v) is 1.92. The summed E-state index contributed by atoms with van der Waals surface area (Å²) < 4.78 is 10.9. The number of nitrogens with one attached hydrogen (secondary N) is 1. The van der Waals surface area contributed by atoms with E-state index in [4.69, 9.17) is 5.11 Å². The van der Waals surface area contributed by atoms with Crippen molar-refractivity contribution in [2.45, 2.75) is 39.3 Å². The zero-order valence-corrected chi connectivity index (χ0v) is 10.6. The van der Waals surface area contributed by atoms with Crippen molar-refractivity contribution < 1.29 is 14.1 Å². The molecule has 0 bridgehead atoms. The van der Waals surface area contributed by atoms with E-state index in [1.807, 2.05) is 13.8 Å². The molecule has 0 rings (SSSR count). The third-order valence-electron chi connectivity index (χ3n) is 2.53. The Bertz CT molecular complexity index is 233. The molecule has 4 unspecified atom stereocenters. The lowest BCUT2D eigenvalue weighted by atomic mass is 10.0. The highest BCUT2D eigenvalue weighted by Crippen LogP contribution is 2.05. The second-order valence-corrected chi connectivity index (χ2v) is 5.60. The van der Waals surface area contributed by atoms with Crippen LogP contribution in [-0.4, -0.2) is 39.4 Å². The van der Waals surface area contributed by atoms with Crippen molar-refractivity contribution in [1.82, 2.24) is 5.32 Å². The number of carboxylic acid groups (broad SMARTS) is 1. The summed E-state index contributed by atoms with van der Waals surface area (Å²) in [7, 11) is -0.777. The summed E-state index contributed by atoms with van der Waals surface area (Å²) in [5, 5.41) is 12.0. The molecule has 2 N–H and O–H groups in total. The first kappa shape index (κ1) is 14.6. The minimum absolute atomic E-state index is 0.0669. The molecule has 0 amide bonds. The van der Waals surface area contributed by atoms with Gasteiger partial charge in [-0.25, -0.2) is 0 Å². The van der Waals surface area contributed by atoms with Crippen LogP contribution < -0.4 is 5.32 Å². The summed E-state index contributed by atoms with van der Waals surface area (Å²) in [4.78, 5) is 10.7. The average molecular weight is 235 g/mol. The molecule has 0 saturated carbocycles. The zero-order valence-electron chi connectivity index (χ0n) is 9.82. The molecule has 4 nitrogen and oxygen atoms in total. The van der Waals surface area contributed by atoms with Crippen LogP contribution in [0.3, 0.4) is 0 Å². The minimum atomic E-state index is -0.790. The van der Waals surface area contributed by atoms with Crippen LogP contribution >= 0.6 is 0 Å². The van der Waals surface area contributed by atoms with Crippen molar-refractivity contribution in [2.24, 2.45) is 5.92 Å². The lowest BCUT2D eigenvalue weighted by Gasteiger charge is -2.22. The van der Waals surface area contributed by atoms with Crippen LogP contribution in [0.4, 0.5) is 0 Å². The minimum Gasteiger partial charge on any atom is -0.481 e. The summed E-state index contributed by atoms with van der Waals surface area (Å²) in [5.74, 6) is -0.539. The van der Waals surface area contributed by atoms with Crippen LogP contribution in [0.2, 0.25) is 0 Å². The predicted octanol–water partition coefficient (Wildman–Crippen LogP) is 0.842. The molecule has 0 aromatic rings. The normalized spacial score (nSPS) is 19.2. The molecule has 15 heavy (non-hydrogen) atoms. The molecule has 0 aliphatic rings. The Morgan fingerprint density at radius 2 is 1.93 bits per heavy atom. The lowest BCUT2D eigenvalue weighted by Crippen LogP contribution is -2.41. The van der Waals surface area contributed by atoms with Crippen LogP contribution in [0, 0.1) is 5.92 Å². The molecular formula is C10H21NO3S. The fourth-order valence-electron chi connectivity index (χ4n) is 1.23. The Hall–Kier alpha value is -0.420. The van der Waals surface area contributed by atoms with Gasteiger partial charge in [0.15, 0.2) is 0 Å². The lowest BCUT2D eigenvalue weighted by molar-refractivity contribution is -0.142. The van der Waals surface area contributed by atoms with Crippen molar-refractivity contribution in [3.05, 3.63) is 0 Å². The Morgan fingerprint density at radius 3 is 2.33 bits per heavy atom. The standard InChI is InChI=1S/C10H21NO3S/c1-7(5-6-15(4)14)11-9(3)8(2)10(12)13/h7-9,11H,5-6H2,1-4H3,(H,12,13). The third-order valence-corrected chi connectivity index (χ3v) is 3.34. The SMILES string of the molecule is CC(CCS(C)=O)NC(C)C(C)C(=O)O. The van der Waals surface area contributed by atoms with Crippen LogP contribution in [-0.2, 0) is 15.6 Å². The van der Waals surface area contributed by atoms with E-state index in [2.05, 4.69) is 5.32 Å². The summed E-state index contributed by atoms with van der Waals surface area (Å²) in [6.45, 7) is 5.53. The number of hydrogen-bond acceptors (Lipinski definition) is 3. The Morgan fingerprint density at radius 1 is 1.40 bits per heavy atom. The number of carboxylic acids is 1. The van der Waals surface area contributed by atoms with Gasteiger partial charge < -0.3 is 10.4 Å². The fraction of sp³-hybridized carbons (Fsp3) is 0.900.